The van der Waals surface area contributed by atoms with Crippen molar-refractivity contribution in [3.8, 4) is 0 Å². The normalized spacial score (nSPS) is 11.8. The summed E-state index contributed by atoms with van der Waals surface area (Å²) in [6, 6.07) is 20.4. The zero-order valence-corrected chi connectivity index (χ0v) is 15.2. The van der Waals surface area contributed by atoms with Crippen LogP contribution in [0, 0.1) is 6.92 Å². The highest BCUT2D eigenvalue weighted by Crippen LogP contribution is 2.22. The van der Waals surface area contributed by atoms with Crippen LogP contribution in [0.15, 0.2) is 65.1 Å². The van der Waals surface area contributed by atoms with Crippen molar-refractivity contribution in [1.82, 2.24) is 9.97 Å². The monoisotopic (exact) mass is 382 g/mol. The maximum absolute atomic E-state index is 4.58. The number of nitrogens with zero attached hydrogens (tertiary/aromatic N) is 2. The van der Waals surface area contributed by atoms with E-state index < -0.39 is 0 Å². The standard InChI is InChI=1S/C19H19BrN4/c1-13-11-18(22-14(2)15-7-4-3-5-8-15)24-19(21-13)23-17-10-6-9-16(20)12-17/h3-12,14H,1-2H3,(H2,21,22,23,24). The Morgan fingerprint density at radius 1 is 0.958 bits per heavy atom. The maximum Gasteiger partial charge on any atom is 0.229 e. The third-order valence-electron chi connectivity index (χ3n) is 3.60. The molecule has 122 valence electrons. The molecule has 0 radical (unpaired) electrons. The molecule has 5 heteroatoms. The van der Waals surface area contributed by atoms with Gasteiger partial charge in [0.15, 0.2) is 0 Å². The van der Waals surface area contributed by atoms with E-state index in [1.165, 1.54) is 5.56 Å². The van der Waals surface area contributed by atoms with Crippen LogP contribution in [-0.2, 0) is 0 Å². The van der Waals surface area contributed by atoms with Crippen LogP contribution >= 0.6 is 15.9 Å². The second kappa shape index (κ2) is 7.45. The minimum absolute atomic E-state index is 0.166. The fourth-order valence-corrected chi connectivity index (χ4v) is 2.84. The first-order valence-corrected chi connectivity index (χ1v) is 8.59. The molecule has 1 heterocycles. The molecule has 2 aromatic carbocycles. The number of aryl methyl sites for hydroxylation is 1. The molecule has 1 aromatic heterocycles. The van der Waals surface area contributed by atoms with Crippen LogP contribution in [0.2, 0.25) is 0 Å². The van der Waals surface area contributed by atoms with E-state index >= 15 is 0 Å². The van der Waals surface area contributed by atoms with E-state index in [1.54, 1.807) is 0 Å². The third kappa shape index (κ3) is 4.32. The highest BCUT2D eigenvalue weighted by molar-refractivity contribution is 9.10. The highest BCUT2D eigenvalue weighted by Gasteiger charge is 2.08. The summed E-state index contributed by atoms with van der Waals surface area (Å²) in [5.74, 6) is 1.38. The van der Waals surface area contributed by atoms with Crippen LogP contribution in [0.1, 0.15) is 24.2 Å². The van der Waals surface area contributed by atoms with E-state index in [9.17, 15) is 0 Å². The van der Waals surface area contributed by atoms with Crippen LogP contribution in [0.25, 0.3) is 0 Å². The summed E-state index contributed by atoms with van der Waals surface area (Å²) in [5.41, 5.74) is 3.07. The van der Waals surface area contributed by atoms with E-state index in [2.05, 4.69) is 55.6 Å². The van der Waals surface area contributed by atoms with Gasteiger partial charge in [-0.1, -0.05) is 52.3 Å². The molecule has 1 unspecified atom stereocenters. The number of aromatic nitrogens is 2. The molecule has 0 saturated heterocycles. The number of benzene rings is 2. The Morgan fingerprint density at radius 3 is 2.50 bits per heavy atom. The van der Waals surface area contributed by atoms with Crippen LogP contribution in [-0.4, -0.2) is 9.97 Å². The van der Waals surface area contributed by atoms with E-state index in [0.717, 1.165) is 21.7 Å². The number of rotatable bonds is 5. The molecule has 24 heavy (non-hydrogen) atoms. The number of nitrogens with one attached hydrogen (secondary N) is 2. The van der Waals surface area contributed by atoms with Crippen molar-refractivity contribution in [3.63, 3.8) is 0 Å². The van der Waals surface area contributed by atoms with Gasteiger partial charge in [-0.2, -0.15) is 4.98 Å². The van der Waals surface area contributed by atoms with Crippen molar-refractivity contribution < 1.29 is 0 Å². The average molecular weight is 383 g/mol. The van der Waals surface area contributed by atoms with Crippen LogP contribution < -0.4 is 10.6 Å². The van der Waals surface area contributed by atoms with Crippen molar-refractivity contribution in [2.45, 2.75) is 19.9 Å². The predicted molar refractivity (Wildman–Crippen MR) is 103 cm³/mol. The first kappa shape index (κ1) is 16.5. The molecular formula is C19H19BrN4. The van der Waals surface area contributed by atoms with Gasteiger partial charge in [-0.25, -0.2) is 4.98 Å². The first-order valence-electron chi connectivity index (χ1n) is 7.80. The number of halogens is 1. The van der Waals surface area contributed by atoms with E-state index in [0.29, 0.717) is 5.95 Å². The number of hydrogen-bond donors (Lipinski definition) is 2. The summed E-state index contributed by atoms with van der Waals surface area (Å²) in [5, 5.41) is 6.68. The maximum atomic E-state index is 4.58. The molecule has 0 fully saturated rings. The predicted octanol–water partition coefficient (Wildman–Crippen LogP) is 5.46. The van der Waals surface area contributed by atoms with Crippen molar-refractivity contribution >= 4 is 33.4 Å². The zero-order valence-electron chi connectivity index (χ0n) is 13.6. The Labute approximate surface area is 150 Å². The molecule has 4 nitrogen and oxygen atoms in total. The Bertz CT molecular complexity index is 821. The highest BCUT2D eigenvalue weighted by atomic mass is 79.9. The molecule has 3 rings (SSSR count). The average Bonchev–Trinajstić information content (AvgIpc) is 2.55. The van der Waals surface area contributed by atoms with Crippen molar-refractivity contribution in [3.05, 3.63) is 76.4 Å². The molecule has 2 N–H and O–H groups in total. The van der Waals surface area contributed by atoms with Crippen LogP contribution in [0.5, 0.6) is 0 Å². The van der Waals surface area contributed by atoms with Gasteiger partial charge in [0.1, 0.15) is 5.82 Å². The summed E-state index contributed by atoms with van der Waals surface area (Å²) in [7, 11) is 0. The second-order valence-electron chi connectivity index (χ2n) is 5.63. The van der Waals surface area contributed by atoms with E-state index in [1.807, 2.05) is 55.5 Å². The van der Waals surface area contributed by atoms with Gasteiger partial charge in [0.2, 0.25) is 5.95 Å². The largest absolute Gasteiger partial charge is 0.363 e. The molecule has 1 atom stereocenters. The summed E-state index contributed by atoms with van der Waals surface area (Å²) < 4.78 is 1.01. The Balaban J connectivity index is 1.79. The van der Waals surface area contributed by atoms with E-state index in [-0.39, 0.29) is 6.04 Å². The lowest BCUT2D eigenvalue weighted by Gasteiger charge is -2.16. The Morgan fingerprint density at radius 2 is 1.75 bits per heavy atom. The van der Waals surface area contributed by atoms with E-state index in [4.69, 9.17) is 0 Å². The lowest BCUT2D eigenvalue weighted by molar-refractivity contribution is 0.871. The van der Waals surface area contributed by atoms with Crippen molar-refractivity contribution in [2.24, 2.45) is 0 Å². The quantitative estimate of drug-likeness (QED) is 0.614. The van der Waals surface area contributed by atoms with Crippen LogP contribution in [0.3, 0.4) is 0 Å². The molecule has 3 aromatic rings. The summed E-state index contributed by atoms with van der Waals surface area (Å²) in [6.45, 7) is 4.08. The minimum atomic E-state index is 0.166. The summed E-state index contributed by atoms with van der Waals surface area (Å²) in [4.78, 5) is 9.04. The van der Waals surface area contributed by atoms with Gasteiger partial charge in [0.05, 0.1) is 0 Å². The van der Waals surface area contributed by atoms with Crippen LogP contribution in [0.4, 0.5) is 17.5 Å². The third-order valence-corrected chi connectivity index (χ3v) is 4.09. The van der Waals surface area contributed by atoms with Gasteiger partial charge in [-0.15, -0.1) is 0 Å². The number of hydrogen-bond acceptors (Lipinski definition) is 4. The molecule has 0 bridgehead atoms. The Hall–Kier alpha value is -2.40. The summed E-state index contributed by atoms with van der Waals surface area (Å²) >= 11 is 3.47. The molecule has 0 aliphatic rings. The number of anilines is 3. The smallest absolute Gasteiger partial charge is 0.229 e. The van der Waals surface area contributed by atoms with Crippen molar-refractivity contribution in [1.29, 1.82) is 0 Å². The molecule has 0 amide bonds. The minimum Gasteiger partial charge on any atom is -0.363 e. The summed E-state index contributed by atoms with van der Waals surface area (Å²) in [6.07, 6.45) is 0. The topological polar surface area (TPSA) is 49.8 Å². The zero-order chi connectivity index (χ0) is 16.9. The van der Waals surface area contributed by atoms with Gasteiger partial charge >= 0.3 is 0 Å². The molecule has 0 saturated carbocycles. The molecular weight excluding hydrogens is 364 g/mol. The van der Waals surface area contributed by atoms with Gasteiger partial charge in [0, 0.05) is 28.0 Å². The molecule has 0 spiro atoms. The fourth-order valence-electron chi connectivity index (χ4n) is 2.44. The van der Waals surface area contributed by atoms with Gasteiger partial charge in [-0.3, -0.25) is 0 Å². The lowest BCUT2D eigenvalue weighted by atomic mass is 10.1. The van der Waals surface area contributed by atoms with Gasteiger partial charge in [0.25, 0.3) is 0 Å². The fraction of sp³-hybridized carbons (Fsp3) is 0.158. The lowest BCUT2D eigenvalue weighted by Crippen LogP contribution is -2.09. The SMILES string of the molecule is Cc1cc(NC(C)c2ccccc2)nc(Nc2cccc(Br)c2)n1. The first-order chi connectivity index (χ1) is 11.6. The van der Waals surface area contributed by atoms with Crippen molar-refractivity contribution in [2.75, 3.05) is 10.6 Å². The van der Waals surface area contributed by atoms with Gasteiger partial charge in [-0.05, 0) is 37.6 Å². The second-order valence-corrected chi connectivity index (χ2v) is 6.55. The molecule has 0 aliphatic carbocycles. The Kier molecular flexibility index (Phi) is 5.11. The molecule has 0 aliphatic heterocycles. The van der Waals surface area contributed by atoms with Gasteiger partial charge < -0.3 is 10.6 Å².